The summed E-state index contributed by atoms with van der Waals surface area (Å²) in [7, 11) is -8.77. The predicted molar refractivity (Wildman–Crippen MR) is 275 cm³/mol. The number of thioether (sulfide) groups is 1. The second-order valence-corrected chi connectivity index (χ2v) is 22.8. The van der Waals surface area contributed by atoms with Gasteiger partial charge >= 0.3 is 11.5 Å². The number of nitrogens with one attached hydrogen (secondary N) is 2. The zero-order chi connectivity index (χ0) is 50.7. The minimum absolute atomic E-state index is 0.115. The fourth-order valence-electron chi connectivity index (χ4n) is 9.07. The highest BCUT2D eigenvalue weighted by Gasteiger charge is 2.48. The summed E-state index contributed by atoms with van der Waals surface area (Å²) in [5.41, 5.74) is -0.475. The molecule has 0 radical (unpaired) electrons. The number of carboxylic acid groups (broad SMARTS) is 1. The Hall–Kier alpha value is -5.70. The smallest absolute Gasteiger partial charge is 0.478 e. The summed E-state index contributed by atoms with van der Waals surface area (Å²) < 4.78 is 101. The summed E-state index contributed by atoms with van der Waals surface area (Å²) in [6, 6.07) is 33.1. The summed E-state index contributed by atoms with van der Waals surface area (Å²) in [6.07, 6.45) is 1.23. The minimum atomic E-state index is -6.03. The van der Waals surface area contributed by atoms with E-state index >= 15 is 0 Å². The lowest BCUT2D eigenvalue weighted by molar-refractivity contribution is -0.0436. The molecule has 5 aromatic carbocycles. The van der Waals surface area contributed by atoms with Crippen LogP contribution in [-0.2, 0) is 26.9 Å². The van der Waals surface area contributed by atoms with Crippen LogP contribution < -0.4 is 19.8 Å². The van der Waals surface area contributed by atoms with Gasteiger partial charge in [-0.1, -0.05) is 54.1 Å². The van der Waals surface area contributed by atoms with Crippen molar-refractivity contribution < 1.29 is 45.0 Å². The van der Waals surface area contributed by atoms with Crippen LogP contribution in [0.25, 0.3) is 22.4 Å². The van der Waals surface area contributed by atoms with Crippen LogP contribution in [-0.4, -0.2) is 112 Å². The number of hydrogen-bond donors (Lipinski definition) is 4. The van der Waals surface area contributed by atoms with Gasteiger partial charge in [0.2, 0.25) is 0 Å². The van der Waals surface area contributed by atoms with Gasteiger partial charge in [0.25, 0.3) is 19.9 Å². The van der Waals surface area contributed by atoms with Crippen LogP contribution >= 0.6 is 23.4 Å². The van der Waals surface area contributed by atoms with E-state index in [1.54, 1.807) is 31.2 Å². The molecule has 2 fully saturated rings. The number of piperidine rings is 1. The van der Waals surface area contributed by atoms with Crippen molar-refractivity contribution in [2.75, 3.05) is 71.4 Å². The van der Waals surface area contributed by atoms with E-state index in [2.05, 4.69) is 24.7 Å². The van der Waals surface area contributed by atoms with Gasteiger partial charge in [0.1, 0.15) is 4.90 Å². The van der Waals surface area contributed by atoms with E-state index in [1.165, 1.54) is 23.9 Å². The number of hydrogen-bond acceptors (Lipinski definition) is 11. The van der Waals surface area contributed by atoms with Crippen molar-refractivity contribution in [1.82, 2.24) is 9.47 Å². The second-order valence-electron chi connectivity index (χ2n) is 17.7. The van der Waals surface area contributed by atoms with Crippen molar-refractivity contribution in [3.63, 3.8) is 0 Å². The Balaban J connectivity index is 0.960. The predicted octanol–water partition coefficient (Wildman–Crippen LogP) is 9.86. The first kappa shape index (κ1) is 51.6. The largest absolute Gasteiger partial charge is 0.501 e. The van der Waals surface area contributed by atoms with E-state index in [0.717, 1.165) is 45.2 Å². The highest BCUT2D eigenvalue weighted by atomic mass is 35.5. The zero-order valence-electron chi connectivity index (χ0n) is 38.9. The van der Waals surface area contributed by atoms with Gasteiger partial charge in [-0.05, 0) is 116 Å². The van der Waals surface area contributed by atoms with Crippen molar-refractivity contribution in [3.8, 4) is 22.4 Å². The molecular formula is C51H54ClF3N6O7S3. The van der Waals surface area contributed by atoms with E-state index in [9.17, 15) is 45.0 Å². The van der Waals surface area contributed by atoms with Gasteiger partial charge < -0.3 is 34.8 Å². The number of nitrogens with zero attached hydrogens (tertiary/aromatic N) is 4. The lowest BCUT2D eigenvalue weighted by Gasteiger charge is -2.37. The molecule has 0 spiro atoms. The number of benzene rings is 5. The molecule has 71 heavy (non-hydrogen) atoms. The maximum absolute atomic E-state index is 14.3. The van der Waals surface area contributed by atoms with Crippen molar-refractivity contribution in [1.29, 1.82) is 0 Å². The molecule has 2 aliphatic rings. The number of rotatable bonds is 17. The molecule has 6 aromatic rings. The van der Waals surface area contributed by atoms with E-state index in [0.29, 0.717) is 93.2 Å². The van der Waals surface area contributed by atoms with Crippen LogP contribution in [0.15, 0.2) is 136 Å². The molecule has 2 saturated heterocycles. The molecule has 376 valence electrons. The van der Waals surface area contributed by atoms with E-state index in [-0.39, 0.29) is 23.0 Å². The Morgan fingerprint density at radius 2 is 1.45 bits per heavy atom. The molecule has 0 amide bonds. The number of carbonyl (C=O) groups is 1. The Morgan fingerprint density at radius 1 is 0.803 bits per heavy atom. The molecular weight excluding hydrogens is 997 g/mol. The number of likely N-dealkylation sites (tertiary alicyclic amines) is 1. The minimum Gasteiger partial charge on any atom is -0.478 e. The fourth-order valence-corrected chi connectivity index (χ4v) is 12.3. The van der Waals surface area contributed by atoms with Crippen LogP contribution in [0.4, 0.5) is 35.9 Å². The third kappa shape index (κ3) is 11.8. The number of sulfone groups is 1. The van der Waals surface area contributed by atoms with E-state index < -0.39 is 47.2 Å². The Morgan fingerprint density at radius 3 is 2.08 bits per heavy atom. The number of aromatic carboxylic acids is 1. The van der Waals surface area contributed by atoms with Gasteiger partial charge in [0.05, 0.1) is 27.9 Å². The molecule has 0 saturated carbocycles. The van der Waals surface area contributed by atoms with Crippen molar-refractivity contribution >= 4 is 71.9 Å². The average molecular weight is 1050 g/mol. The number of sulfonamides is 1. The van der Waals surface area contributed by atoms with Crippen LogP contribution in [0, 0.1) is 6.92 Å². The second kappa shape index (κ2) is 21.6. The quantitative estimate of drug-likeness (QED) is 0.0641. The maximum atomic E-state index is 14.3. The number of anilines is 4. The van der Waals surface area contributed by atoms with Gasteiger partial charge in [-0.2, -0.15) is 13.2 Å². The summed E-state index contributed by atoms with van der Waals surface area (Å²) >= 11 is 7.64. The molecule has 0 bridgehead atoms. The average Bonchev–Trinajstić information content (AvgIpc) is 3.62. The number of aliphatic hydroxyl groups is 1. The molecule has 13 nitrogen and oxygen atoms in total. The molecule has 0 unspecified atom stereocenters. The lowest BCUT2D eigenvalue weighted by Crippen LogP contribution is -2.46. The van der Waals surface area contributed by atoms with Crippen molar-refractivity contribution in [2.45, 2.75) is 58.5 Å². The standard InChI is InChI=1S/C51H54ClF3N6O7S3/c1-34-47(50(63)64)48(49(58(34)2)35-11-13-37(52)14-12-35)36-7-6-8-41(31-36)61-29-27-60(28-30-61)40-17-15-38(16-18-40)57-71(67,68)44-19-20-45(46(32-44)70(65,66)51(53,54)55)56-39(33-69-43-9-4-3-5-10-43)21-24-59-25-22-42(62)23-26-59/h3-20,31-32,39,42,56-57,62H,21-30,33H2,1-2H3,(H,63,64)/t39-/m1/s1. The summed E-state index contributed by atoms with van der Waals surface area (Å²) in [5.74, 6) is -0.661. The highest BCUT2D eigenvalue weighted by molar-refractivity contribution is 7.99. The summed E-state index contributed by atoms with van der Waals surface area (Å²) in [5, 5.41) is 23.9. The Kier molecular flexibility index (Phi) is 15.7. The van der Waals surface area contributed by atoms with E-state index in [4.69, 9.17) is 11.6 Å². The Bertz CT molecular complexity index is 3070. The van der Waals surface area contributed by atoms with Crippen LogP contribution in [0.1, 0.15) is 35.3 Å². The number of halogens is 4. The molecule has 4 N–H and O–H groups in total. The summed E-state index contributed by atoms with van der Waals surface area (Å²) in [6.45, 7) is 6.05. The molecule has 1 atom stereocenters. The molecule has 1 aromatic heterocycles. The number of carboxylic acids is 1. The topological polar surface area (TPSA) is 165 Å². The highest BCUT2D eigenvalue weighted by Crippen LogP contribution is 2.41. The molecule has 3 heterocycles. The summed E-state index contributed by atoms with van der Waals surface area (Å²) in [4.78, 5) is 18.2. The molecule has 20 heteroatoms. The third-order valence-corrected chi connectivity index (χ3v) is 17.4. The third-order valence-electron chi connectivity index (χ3n) is 13.0. The van der Waals surface area contributed by atoms with Crippen molar-refractivity contribution in [3.05, 3.63) is 138 Å². The monoisotopic (exact) mass is 1050 g/mol. The van der Waals surface area contributed by atoms with Crippen LogP contribution in [0.2, 0.25) is 5.02 Å². The first-order valence-electron chi connectivity index (χ1n) is 23.0. The number of piperazine rings is 1. The van der Waals surface area contributed by atoms with Crippen LogP contribution in [0.3, 0.4) is 0 Å². The van der Waals surface area contributed by atoms with Gasteiger partial charge in [-0.15, -0.1) is 11.8 Å². The number of aromatic nitrogens is 1. The zero-order valence-corrected chi connectivity index (χ0v) is 42.1. The number of alkyl halides is 3. The lowest BCUT2D eigenvalue weighted by atomic mass is 9.96. The van der Waals surface area contributed by atoms with Gasteiger partial charge in [-0.25, -0.2) is 21.6 Å². The molecule has 8 rings (SSSR count). The number of aliphatic hydroxyl groups excluding tert-OH is 1. The van der Waals surface area contributed by atoms with Gasteiger partial charge in [0.15, 0.2) is 0 Å². The maximum Gasteiger partial charge on any atom is 0.501 e. The first-order chi connectivity index (χ1) is 33.8. The first-order valence-corrected chi connectivity index (χ1v) is 27.3. The molecule has 2 aliphatic heterocycles. The fraction of sp³-hybridized carbons (Fsp3) is 0.314. The SMILES string of the molecule is Cc1c(C(=O)O)c(-c2cccc(N3CCN(c4ccc(NS(=O)(=O)c5ccc(N[C@H](CCN6CCC(O)CC6)CSc6ccccc6)c(S(=O)(=O)C(F)(F)F)c5)cc4)CC3)c2)c(-c2ccc(Cl)cc2)n1C. The normalized spacial score (nSPS) is 15.7. The molecule has 0 aliphatic carbocycles. The van der Waals surface area contributed by atoms with Crippen molar-refractivity contribution in [2.24, 2.45) is 7.05 Å². The Labute approximate surface area is 421 Å². The van der Waals surface area contributed by atoms with Gasteiger partial charge in [0, 0.05) is 103 Å². The van der Waals surface area contributed by atoms with Crippen LogP contribution in [0.5, 0.6) is 0 Å². The van der Waals surface area contributed by atoms with Gasteiger partial charge in [-0.3, -0.25) is 4.72 Å². The van der Waals surface area contributed by atoms with E-state index in [1.807, 2.05) is 78.3 Å².